The van der Waals surface area contributed by atoms with Crippen molar-refractivity contribution in [1.82, 2.24) is 24.3 Å². The van der Waals surface area contributed by atoms with E-state index >= 15 is 0 Å². The standard InChI is InChI=1S/C9H11N5O2/c1-3-13-7-6(10-5-11-12-7)8(15)14(4-2)9(13)16/h5H,3-4H2,1-2H3. The molecule has 7 nitrogen and oxygen atoms in total. The van der Waals surface area contributed by atoms with Gasteiger partial charge in [-0.15, -0.1) is 10.2 Å². The number of nitrogens with zero attached hydrogens (tertiary/aromatic N) is 5. The first-order valence-corrected chi connectivity index (χ1v) is 5.01. The first kappa shape index (κ1) is 10.5. The number of hydrogen-bond donors (Lipinski definition) is 0. The maximum Gasteiger partial charge on any atom is 0.332 e. The first-order valence-electron chi connectivity index (χ1n) is 5.01. The molecule has 0 aliphatic carbocycles. The van der Waals surface area contributed by atoms with E-state index in [4.69, 9.17) is 0 Å². The molecule has 0 amide bonds. The minimum absolute atomic E-state index is 0.179. The highest BCUT2D eigenvalue weighted by Gasteiger charge is 2.12. The molecule has 84 valence electrons. The molecule has 0 unspecified atom stereocenters. The van der Waals surface area contributed by atoms with Gasteiger partial charge in [0, 0.05) is 13.1 Å². The Morgan fingerprint density at radius 3 is 2.50 bits per heavy atom. The van der Waals surface area contributed by atoms with Crippen LogP contribution in [-0.4, -0.2) is 24.3 Å². The van der Waals surface area contributed by atoms with Crippen LogP contribution in [0.4, 0.5) is 0 Å². The third kappa shape index (κ3) is 1.32. The van der Waals surface area contributed by atoms with E-state index in [9.17, 15) is 9.59 Å². The summed E-state index contributed by atoms with van der Waals surface area (Å²) in [5, 5.41) is 7.38. The Kier molecular flexibility index (Phi) is 2.51. The monoisotopic (exact) mass is 221 g/mol. The summed E-state index contributed by atoms with van der Waals surface area (Å²) in [6.45, 7) is 4.29. The number of aromatic nitrogens is 5. The zero-order valence-corrected chi connectivity index (χ0v) is 9.04. The van der Waals surface area contributed by atoms with Crippen molar-refractivity contribution in [2.24, 2.45) is 0 Å². The fourth-order valence-electron chi connectivity index (χ4n) is 1.62. The third-order valence-corrected chi connectivity index (χ3v) is 2.40. The van der Waals surface area contributed by atoms with Crippen LogP contribution >= 0.6 is 0 Å². The van der Waals surface area contributed by atoms with Gasteiger partial charge in [0.15, 0.2) is 11.2 Å². The van der Waals surface area contributed by atoms with Gasteiger partial charge in [0.2, 0.25) is 0 Å². The van der Waals surface area contributed by atoms with Crippen molar-refractivity contribution < 1.29 is 0 Å². The van der Waals surface area contributed by atoms with Gasteiger partial charge in [-0.3, -0.25) is 13.9 Å². The van der Waals surface area contributed by atoms with E-state index in [1.165, 1.54) is 10.9 Å². The van der Waals surface area contributed by atoms with Gasteiger partial charge in [-0.25, -0.2) is 9.78 Å². The lowest BCUT2D eigenvalue weighted by atomic mass is 10.4. The van der Waals surface area contributed by atoms with Crippen LogP contribution in [0.15, 0.2) is 15.9 Å². The number of hydrogen-bond acceptors (Lipinski definition) is 5. The minimum atomic E-state index is -0.415. The van der Waals surface area contributed by atoms with Gasteiger partial charge >= 0.3 is 5.69 Å². The van der Waals surface area contributed by atoms with Crippen LogP contribution in [0.5, 0.6) is 0 Å². The van der Waals surface area contributed by atoms with Crippen LogP contribution < -0.4 is 11.2 Å². The van der Waals surface area contributed by atoms with E-state index in [0.717, 1.165) is 4.57 Å². The van der Waals surface area contributed by atoms with Crippen LogP contribution in [0.1, 0.15) is 13.8 Å². The fraction of sp³-hybridized carbons (Fsp3) is 0.444. The maximum absolute atomic E-state index is 11.9. The summed E-state index contributed by atoms with van der Waals surface area (Å²) in [4.78, 5) is 27.6. The summed E-state index contributed by atoms with van der Waals surface area (Å²) in [6.07, 6.45) is 1.20. The predicted octanol–water partition coefficient (Wildman–Crippen LogP) is -0.612. The summed E-state index contributed by atoms with van der Waals surface area (Å²) in [6, 6.07) is 0. The molecule has 2 aromatic heterocycles. The molecule has 0 aromatic carbocycles. The SMILES string of the molecule is CCn1c(=O)c2ncnnc2n(CC)c1=O. The Morgan fingerprint density at radius 2 is 1.88 bits per heavy atom. The lowest BCUT2D eigenvalue weighted by Crippen LogP contribution is -2.40. The second-order valence-electron chi connectivity index (χ2n) is 3.21. The van der Waals surface area contributed by atoms with Gasteiger partial charge in [-0.2, -0.15) is 0 Å². The molecule has 0 radical (unpaired) electrons. The van der Waals surface area contributed by atoms with Gasteiger partial charge < -0.3 is 0 Å². The molecular weight excluding hydrogens is 210 g/mol. The topological polar surface area (TPSA) is 82.7 Å². The van der Waals surface area contributed by atoms with Crippen molar-refractivity contribution in [3.63, 3.8) is 0 Å². The average molecular weight is 221 g/mol. The lowest BCUT2D eigenvalue weighted by molar-refractivity contribution is 0.600. The molecule has 0 spiro atoms. The Bertz CT molecular complexity index is 642. The summed E-state index contributed by atoms with van der Waals surface area (Å²) in [7, 11) is 0. The molecule has 0 fully saturated rings. The zero-order chi connectivity index (χ0) is 11.7. The van der Waals surface area contributed by atoms with E-state index in [1.807, 2.05) is 0 Å². The second-order valence-corrected chi connectivity index (χ2v) is 3.21. The summed E-state index contributed by atoms with van der Waals surface area (Å²) in [5.41, 5.74) is -0.366. The van der Waals surface area contributed by atoms with Gasteiger partial charge in [-0.1, -0.05) is 0 Å². The number of fused-ring (bicyclic) bond motifs is 1. The Balaban J connectivity index is 3.07. The molecule has 0 aliphatic heterocycles. The molecule has 2 rings (SSSR count). The Hall–Kier alpha value is -2.05. The molecule has 7 heteroatoms. The van der Waals surface area contributed by atoms with Crippen LogP contribution in [-0.2, 0) is 13.1 Å². The largest absolute Gasteiger partial charge is 0.332 e. The zero-order valence-electron chi connectivity index (χ0n) is 9.04. The summed E-state index contributed by atoms with van der Waals surface area (Å²) >= 11 is 0. The molecule has 0 saturated carbocycles. The number of aryl methyl sites for hydroxylation is 1. The van der Waals surface area contributed by atoms with E-state index in [2.05, 4.69) is 15.2 Å². The number of rotatable bonds is 2. The molecule has 0 atom stereocenters. The first-order chi connectivity index (χ1) is 7.70. The van der Waals surface area contributed by atoms with Crippen LogP contribution in [0.2, 0.25) is 0 Å². The van der Waals surface area contributed by atoms with Crippen LogP contribution in [0.3, 0.4) is 0 Å². The van der Waals surface area contributed by atoms with Crippen molar-refractivity contribution in [2.45, 2.75) is 26.9 Å². The van der Waals surface area contributed by atoms with Crippen LogP contribution in [0.25, 0.3) is 11.2 Å². The summed E-state index contributed by atoms with van der Waals surface area (Å²) in [5.74, 6) is 0. The molecule has 16 heavy (non-hydrogen) atoms. The highest BCUT2D eigenvalue weighted by atomic mass is 16.2. The quantitative estimate of drug-likeness (QED) is 0.675. The molecular formula is C9H11N5O2. The van der Waals surface area contributed by atoms with E-state index in [0.29, 0.717) is 13.1 Å². The van der Waals surface area contributed by atoms with Crippen molar-refractivity contribution in [2.75, 3.05) is 0 Å². The predicted molar refractivity (Wildman–Crippen MR) is 57.2 cm³/mol. The normalized spacial score (nSPS) is 10.9. The van der Waals surface area contributed by atoms with Crippen molar-refractivity contribution >= 4 is 11.2 Å². The maximum atomic E-state index is 11.9. The highest BCUT2D eigenvalue weighted by Crippen LogP contribution is 1.98. The van der Waals surface area contributed by atoms with Gasteiger partial charge in [0.25, 0.3) is 5.56 Å². The van der Waals surface area contributed by atoms with E-state index in [-0.39, 0.29) is 16.9 Å². The van der Waals surface area contributed by atoms with Crippen LogP contribution in [0, 0.1) is 0 Å². The Labute approximate surface area is 90.4 Å². The third-order valence-electron chi connectivity index (χ3n) is 2.40. The van der Waals surface area contributed by atoms with Crippen molar-refractivity contribution in [1.29, 1.82) is 0 Å². The van der Waals surface area contributed by atoms with Crippen molar-refractivity contribution in [3.05, 3.63) is 27.2 Å². The van der Waals surface area contributed by atoms with Crippen molar-refractivity contribution in [3.8, 4) is 0 Å². The molecule has 0 aliphatic rings. The average Bonchev–Trinajstić information content (AvgIpc) is 2.30. The molecule has 0 bridgehead atoms. The van der Waals surface area contributed by atoms with E-state index < -0.39 is 5.56 Å². The molecule has 2 aromatic rings. The van der Waals surface area contributed by atoms with Gasteiger partial charge in [-0.05, 0) is 13.8 Å². The minimum Gasteiger partial charge on any atom is -0.275 e. The summed E-state index contributed by atoms with van der Waals surface area (Å²) < 4.78 is 2.53. The lowest BCUT2D eigenvalue weighted by Gasteiger charge is -2.08. The smallest absolute Gasteiger partial charge is 0.275 e. The molecule has 0 N–H and O–H groups in total. The fourth-order valence-corrected chi connectivity index (χ4v) is 1.62. The second kappa shape index (κ2) is 3.84. The molecule has 0 saturated heterocycles. The van der Waals surface area contributed by atoms with Gasteiger partial charge in [0.1, 0.15) is 6.33 Å². The van der Waals surface area contributed by atoms with E-state index in [1.54, 1.807) is 13.8 Å². The molecule has 2 heterocycles. The van der Waals surface area contributed by atoms with Gasteiger partial charge in [0.05, 0.1) is 0 Å². The Morgan fingerprint density at radius 1 is 1.19 bits per heavy atom. The highest BCUT2D eigenvalue weighted by molar-refractivity contribution is 5.67.